The van der Waals surface area contributed by atoms with E-state index in [1.165, 1.54) is 12.1 Å². The molecule has 3 heteroatoms. The molecule has 0 atom stereocenters. The predicted octanol–water partition coefficient (Wildman–Crippen LogP) is 4.87. The van der Waals surface area contributed by atoms with E-state index in [1.54, 1.807) is 24.3 Å². The lowest BCUT2D eigenvalue weighted by molar-refractivity contribution is 0.104. The maximum atomic E-state index is 12.1. The first-order valence-corrected chi connectivity index (χ1v) is 7.99. The molecule has 0 amide bonds. The second-order valence-electron chi connectivity index (χ2n) is 5.56. The molecule has 124 valence electrons. The van der Waals surface area contributed by atoms with Crippen LogP contribution in [0, 0.1) is 0 Å². The lowest BCUT2D eigenvalue weighted by Gasteiger charge is -2.06. The molecule has 0 aliphatic rings. The molecule has 3 rings (SSSR count). The third-order valence-corrected chi connectivity index (χ3v) is 3.73. The van der Waals surface area contributed by atoms with E-state index >= 15 is 0 Å². The second-order valence-corrected chi connectivity index (χ2v) is 5.56. The molecule has 0 unspecified atom stereocenters. The Morgan fingerprint density at radius 3 is 2.28 bits per heavy atom. The van der Waals surface area contributed by atoms with Crippen molar-refractivity contribution >= 4 is 11.9 Å². The van der Waals surface area contributed by atoms with Crippen molar-refractivity contribution in [2.24, 2.45) is 0 Å². The van der Waals surface area contributed by atoms with Gasteiger partial charge in [-0.1, -0.05) is 60.7 Å². The van der Waals surface area contributed by atoms with Gasteiger partial charge in [0, 0.05) is 0 Å². The van der Waals surface area contributed by atoms with Gasteiger partial charge in [-0.3, -0.25) is 4.79 Å². The number of hydrogen-bond acceptors (Lipinski definition) is 3. The summed E-state index contributed by atoms with van der Waals surface area (Å²) in [5.74, 6) is 0.525. The van der Waals surface area contributed by atoms with Gasteiger partial charge in [-0.25, -0.2) is 0 Å². The molecule has 0 heterocycles. The summed E-state index contributed by atoms with van der Waals surface area (Å²) in [5, 5.41) is 9.70. The number of para-hydroxylation sites is 1. The van der Waals surface area contributed by atoms with Crippen LogP contribution in [-0.4, -0.2) is 10.9 Å². The highest BCUT2D eigenvalue weighted by molar-refractivity contribution is 6.08. The van der Waals surface area contributed by atoms with Crippen LogP contribution in [0.25, 0.3) is 6.08 Å². The Labute approximate surface area is 146 Å². The number of ether oxygens (including phenoxy) is 1. The second kappa shape index (κ2) is 7.97. The van der Waals surface area contributed by atoms with E-state index < -0.39 is 0 Å². The number of hydrogen-bond donors (Lipinski definition) is 1. The Hall–Kier alpha value is -3.33. The fraction of sp³-hybridized carbons (Fsp3) is 0.0455. The standard InChI is InChI=1S/C22H18O3/c23-21-9-5-4-8-20(21)22(24)15-12-17-10-13-19(14-11-17)25-16-18-6-2-1-3-7-18/h1-15,23H,16H2. The van der Waals surface area contributed by atoms with Gasteiger partial charge in [-0.2, -0.15) is 0 Å². The van der Waals surface area contributed by atoms with Crippen LogP contribution in [0.3, 0.4) is 0 Å². The third-order valence-electron chi connectivity index (χ3n) is 3.73. The number of rotatable bonds is 6. The van der Waals surface area contributed by atoms with Crippen LogP contribution in [0.15, 0.2) is 84.9 Å². The Morgan fingerprint density at radius 1 is 0.880 bits per heavy atom. The lowest BCUT2D eigenvalue weighted by atomic mass is 10.1. The first kappa shape index (κ1) is 16.5. The Balaban J connectivity index is 1.60. The van der Waals surface area contributed by atoms with Crippen LogP contribution < -0.4 is 4.74 Å². The summed E-state index contributed by atoms with van der Waals surface area (Å²) in [6.07, 6.45) is 3.17. The van der Waals surface area contributed by atoms with Gasteiger partial charge in [0.2, 0.25) is 0 Å². The predicted molar refractivity (Wildman–Crippen MR) is 98.7 cm³/mol. The highest BCUT2D eigenvalue weighted by Crippen LogP contribution is 2.18. The van der Waals surface area contributed by atoms with E-state index in [4.69, 9.17) is 4.74 Å². The van der Waals surface area contributed by atoms with E-state index in [2.05, 4.69) is 0 Å². The molecule has 0 saturated heterocycles. The number of phenols is 1. The summed E-state index contributed by atoms with van der Waals surface area (Å²) in [4.78, 5) is 12.1. The summed E-state index contributed by atoms with van der Waals surface area (Å²) >= 11 is 0. The molecule has 0 aliphatic carbocycles. The smallest absolute Gasteiger partial charge is 0.189 e. The average Bonchev–Trinajstić information content (AvgIpc) is 2.66. The van der Waals surface area contributed by atoms with Crippen molar-refractivity contribution < 1.29 is 14.6 Å². The number of ketones is 1. The molecule has 0 bridgehead atoms. The van der Waals surface area contributed by atoms with Crippen molar-refractivity contribution in [1.82, 2.24) is 0 Å². The van der Waals surface area contributed by atoms with Crippen LogP contribution in [0.5, 0.6) is 11.5 Å². The molecule has 0 radical (unpaired) electrons. The van der Waals surface area contributed by atoms with Gasteiger partial charge in [-0.05, 0) is 41.5 Å². The molecule has 0 fully saturated rings. The Kier molecular flexibility index (Phi) is 5.27. The normalized spacial score (nSPS) is 10.7. The third kappa shape index (κ3) is 4.58. The highest BCUT2D eigenvalue weighted by atomic mass is 16.5. The van der Waals surface area contributed by atoms with Gasteiger partial charge in [0.05, 0.1) is 5.56 Å². The topological polar surface area (TPSA) is 46.5 Å². The van der Waals surface area contributed by atoms with Gasteiger partial charge in [0.25, 0.3) is 0 Å². The van der Waals surface area contributed by atoms with E-state index in [0.717, 1.165) is 16.9 Å². The quantitative estimate of drug-likeness (QED) is 0.518. The summed E-state index contributed by atoms with van der Waals surface area (Å²) in [7, 11) is 0. The number of aromatic hydroxyl groups is 1. The van der Waals surface area contributed by atoms with Crippen molar-refractivity contribution in [3.63, 3.8) is 0 Å². The number of phenolic OH excluding ortho intramolecular Hbond substituents is 1. The lowest BCUT2D eigenvalue weighted by Crippen LogP contribution is -1.95. The Morgan fingerprint density at radius 2 is 1.56 bits per heavy atom. The van der Waals surface area contributed by atoms with E-state index in [0.29, 0.717) is 12.2 Å². The monoisotopic (exact) mass is 330 g/mol. The molecule has 0 aliphatic heterocycles. The van der Waals surface area contributed by atoms with Crippen LogP contribution in [0.4, 0.5) is 0 Å². The molecule has 3 aromatic rings. The molecular formula is C22H18O3. The van der Waals surface area contributed by atoms with Crippen LogP contribution in [0.2, 0.25) is 0 Å². The fourth-order valence-electron chi connectivity index (χ4n) is 2.36. The van der Waals surface area contributed by atoms with Crippen molar-refractivity contribution in [3.05, 3.63) is 102 Å². The number of benzene rings is 3. The van der Waals surface area contributed by atoms with Gasteiger partial charge >= 0.3 is 0 Å². The first-order chi connectivity index (χ1) is 12.2. The SMILES string of the molecule is O=C(C=Cc1ccc(OCc2ccccc2)cc1)c1ccccc1O. The average molecular weight is 330 g/mol. The van der Waals surface area contributed by atoms with E-state index in [-0.39, 0.29) is 11.5 Å². The molecule has 25 heavy (non-hydrogen) atoms. The molecule has 3 nitrogen and oxygen atoms in total. The zero-order valence-corrected chi connectivity index (χ0v) is 13.6. The van der Waals surface area contributed by atoms with Crippen LogP contribution in [-0.2, 0) is 6.61 Å². The zero-order valence-electron chi connectivity index (χ0n) is 13.6. The van der Waals surface area contributed by atoms with Crippen molar-refractivity contribution in [3.8, 4) is 11.5 Å². The van der Waals surface area contributed by atoms with E-state index in [9.17, 15) is 9.90 Å². The summed E-state index contributed by atoms with van der Waals surface area (Å²) in [6.45, 7) is 0.516. The largest absolute Gasteiger partial charge is 0.507 e. The summed E-state index contributed by atoms with van der Waals surface area (Å²) in [6, 6.07) is 24.0. The number of carbonyl (C=O) groups excluding carboxylic acids is 1. The summed E-state index contributed by atoms with van der Waals surface area (Å²) in [5.41, 5.74) is 2.29. The number of allylic oxidation sites excluding steroid dienone is 1. The van der Waals surface area contributed by atoms with Crippen molar-refractivity contribution in [2.45, 2.75) is 6.61 Å². The van der Waals surface area contributed by atoms with E-state index in [1.807, 2.05) is 54.6 Å². The minimum Gasteiger partial charge on any atom is -0.507 e. The molecule has 0 saturated carbocycles. The first-order valence-electron chi connectivity index (χ1n) is 7.99. The number of carbonyl (C=O) groups is 1. The fourth-order valence-corrected chi connectivity index (χ4v) is 2.36. The van der Waals surface area contributed by atoms with Crippen molar-refractivity contribution in [1.29, 1.82) is 0 Å². The molecular weight excluding hydrogens is 312 g/mol. The van der Waals surface area contributed by atoms with Gasteiger partial charge in [-0.15, -0.1) is 0 Å². The molecule has 0 spiro atoms. The maximum absolute atomic E-state index is 12.1. The van der Waals surface area contributed by atoms with Crippen LogP contribution >= 0.6 is 0 Å². The zero-order chi connectivity index (χ0) is 17.5. The van der Waals surface area contributed by atoms with Gasteiger partial charge in [0.15, 0.2) is 5.78 Å². The van der Waals surface area contributed by atoms with Crippen molar-refractivity contribution in [2.75, 3.05) is 0 Å². The highest BCUT2D eigenvalue weighted by Gasteiger charge is 2.06. The molecule has 0 aromatic heterocycles. The molecule has 3 aromatic carbocycles. The minimum absolute atomic E-state index is 0.0122. The maximum Gasteiger partial charge on any atom is 0.189 e. The van der Waals surface area contributed by atoms with Crippen LogP contribution in [0.1, 0.15) is 21.5 Å². The summed E-state index contributed by atoms with van der Waals surface area (Å²) < 4.78 is 5.73. The van der Waals surface area contributed by atoms with Gasteiger partial charge in [0.1, 0.15) is 18.1 Å². The minimum atomic E-state index is -0.234. The van der Waals surface area contributed by atoms with Gasteiger partial charge < -0.3 is 9.84 Å². The Bertz CT molecular complexity index is 865. The molecule has 1 N–H and O–H groups in total.